The maximum absolute atomic E-state index is 12.4. The molecule has 1 N–H and O–H groups in total. The van der Waals surface area contributed by atoms with Crippen LogP contribution in [0, 0.1) is 6.92 Å². The van der Waals surface area contributed by atoms with Gasteiger partial charge in [-0.15, -0.1) is 11.3 Å². The summed E-state index contributed by atoms with van der Waals surface area (Å²) in [6.07, 6.45) is -4.25. The molecule has 0 aliphatic heterocycles. The summed E-state index contributed by atoms with van der Waals surface area (Å²) < 4.78 is 37.2. The Balaban J connectivity index is 1.96. The van der Waals surface area contributed by atoms with Crippen LogP contribution in [-0.4, -0.2) is 16.2 Å². The monoisotopic (exact) mass is 301 g/mol. The zero-order valence-corrected chi connectivity index (χ0v) is 11.6. The fraction of sp³-hybridized carbons (Fsp3) is 0.357. The summed E-state index contributed by atoms with van der Waals surface area (Å²) >= 11 is 1.51. The molecule has 20 heavy (non-hydrogen) atoms. The van der Waals surface area contributed by atoms with Crippen molar-refractivity contribution in [2.24, 2.45) is 0 Å². The van der Waals surface area contributed by atoms with Crippen molar-refractivity contribution >= 4 is 11.3 Å². The van der Waals surface area contributed by atoms with Crippen LogP contribution in [0.25, 0.3) is 0 Å². The van der Waals surface area contributed by atoms with E-state index in [0.717, 1.165) is 22.8 Å². The Morgan fingerprint density at radius 2 is 1.85 bits per heavy atom. The molecule has 0 spiro atoms. The quantitative estimate of drug-likeness (QED) is 0.935. The van der Waals surface area contributed by atoms with Crippen LogP contribution >= 0.6 is 11.3 Å². The lowest BCUT2D eigenvalue weighted by Gasteiger charge is -2.11. The van der Waals surface area contributed by atoms with Gasteiger partial charge in [0.15, 0.2) is 0 Å². The van der Waals surface area contributed by atoms with E-state index >= 15 is 0 Å². The van der Waals surface area contributed by atoms with Crippen molar-refractivity contribution in [3.8, 4) is 0 Å². The third kappa shape index (κ3) is 4.05. The van der Waals surface area contributed by atoms with Gasteiger partial charge in [-0.25, -0.2) is 4.98 Å². The summed E-state index contributed by atoms with van der Waals surface area (Å²) in [5, 5.41) is 12.7. The number of halogens is 3. The molecule has 0 amide bonds. The molecule has 1 unspecified atom stereocenters. The second-order valence-electron chi connectivity index (χ2n) is 4.61. The molecule has 1 aromatic carbocycles. The van der Waals surface area contributed by atoms with Crippen molar-refractivity contribution in [2.45, 2.75) is 32.0 Å². The maximum atomic E-state index is 12.4. The Hall–Kier alpha value is -1.40. The van der Waals surface area contributed by atoms with Gasteiger partial charge in [0.05, 0.1) is 22.4 Å². The minimum absolute atomic E-state index is 0.314. The van der Waals surface area contributed by atoms with Crippen LogP contribution in [0.15, 0.2) is 29.6 Å². The first-order valence-corrected chi connectivity index (χ1v) is 6.98. The number of thiazole rings is 1. The second kappa shape index (κ2) is 5.93. The van der Waals surface area contributed by atoms with Crippen LogP contribution in [-0.2, 0) is 19.0 Å². The summed E-state index contributed by atoms with van der Waals surface area (Å²) in [6.45, 7) is 1.89. The average Bonchev–Trinajstić information content (AvgIpc) is 2.74. The zero-order chi connectivity index (χ0) is 14.8. The molecule has 0 aliphatic carbocycles. The highest BCUT2D eigenvalue weighted by molar-refractivity contribution is 7.09. The largest absolute Gasteiger partial charge is 0.416 e. The molecule has 0 fully saturated rings. The number of hydrogen-bond acceptors (Lipinski definition) is 3. The highest BCUT2D eigenvalue weighted by Gasteiger charge is 2.29. The minimum atomic E-state index is -4.32. The fourth-order valence-electron chi connectivity index (χ4n) is 1.92. The molecule has 0 saturated carbocycles. The highest BCUT2D eigenvalue weighted by Crippen LogP contribution is 2.29. The highest BCUT2D eigenvalue weighted by atomic mass is 32.1. The molecule has 1 heterocycles. The topological polar surface area (TPSA) is 33.1 Å². The molecule has 2 aromatic rings. The molecule has 0 saturated heterocycles. The van der Waals surface area contributed by atoms with Gasteiger partial charge in [-0.1, -0.05) is 12.1 Å². The lowest BCUT2D eigenvalue weighted by atomic mass is 10.0. The lowest BCUT2D eigenvalue weighted by Crippen LogP contribution is -2.14. The minimum Gasteiger partial charge on any atom is -0.392 e. The first-order valence-electron chi connectivity index (χ1n) is 6.10. The van der Waals surface area contributed by atoms with Crippen LogP contribution < -0.4 is 0 Å². The zero-order valence-electron chi connectivity index (χ0n) is 10.8. The van der Waals surface area contributed by atoms with E-state index in [4.69, 9.17) is 0 Å². The summed E-state index contributed by atoms with van der Waals surface area (Å²) in [6, 6.07) is 4.88. The first kappa shape index (κ1) is 15.0. The van der Waals surface area contributed by atoms with Crippen molar-refractivity contribution in [2.75, 3.05) is 0 Å². The van der Waals surface area contributed by atoms with E-state index < -0.39 is 17.8 Å². The Kier molecular flexibility index (Phi) is 4.45. The van der Waals surface area contributed by atoms with E-state index in [2.05, 4.69) is 4.98 Å². The maximum Gasteiger partial charge on any atom is 0.416 e. The van der Waals surface area contributed by atoms with Gasteiger partial charge in [-0.05, 0) is 31.0 Å². The molecule has 108 valence electrons. The standard InChI is InChI=1S/C14H14F3NOS/c1-9-18-12(8-20-9)7-13(19)6-10-2-4-11(5-3-10)14(15,16)17/h2-5,8,13,19H,6-7H2,1H3. The Morgan fingerprint density at radius 3 is 2.35 bits per heavy atom. The molecule has 2 nitrogen and oxygen atoms in total. The average molecular weight is 301 g/mol. The smallest absolute Gasteiger partial charge is 0.392 e. The number of hydrogen-bond donors (Lipinski definition) is 1. The number of aliphatic hydroxyl groups is 1. The third-order valence-electron chi connectivity index (χ3n) is 2.86. The molecule has 0 radical (unpaired) electrons. The molecule has 2 rings (SSSR count). The number of benzene rings is 1. The molecular weight excluding hydrogens is 287 g/mol. The van der Waals surface area contributed by atoms with Crippen molar-refractivity contribution < 1.29 is 18.3 Å². The predicted octanol–water partition coefficient (Wildman–Crippen LogP) is 3.62. The van der Waals surface area contributed by atoms with Gasteiger partial charge in [-0.2, -0.15) is 13.2 Å². The van der Waals surface area contributed by atoms with Gasteiger partial charge in [0.2, 0.25) is 0 Å². The fourth-order valence-corrected chi connectivity index (χ4v) is 2.54. The molecule has 1 aromatic heterocycles. The van der Waals surface area contributed by atoms with Crippen LogP contribution in [0.5, 0.6) is 0 Å². The number of rotatable bonds is 4. The lowest BCUT2D eigenvalue weighted by molar-refractivity contribution is -0.137. The Labute approximate surface area is 118 Å². The van der Waals surface area contributed by atoms with Gasteiger partial charge in [0.25, 0.3) is 0 Å². The van der Waals surface area contributed by atoms with Crippen molar-refractivity contribution in [3.05, 3.63) is 51.5 Å². The summed E-state index contributed by atoms with van der Waals surface area (Å²) in [5.41, 5.74) is 0.815. The number of aromatic nitrogens is 1. The Morgan fingerprint density at radius 1 is 1.20 bits per heavy atom. The molecule has 0 aliphatic rings. The van der Waals surface area contributed by atoms with Crippen molar-refractivity contribution in [1.82, 2.24) is 4.98 Å². The number of aryl methyl sites for hydroxylation is 1. The van der Waals surface area contributed by atoms with E-state index in [0.29, 0.717) is 18.4 Å². The van der Waals surface area contributed by atoms with Gasteiger partial charge in [0.1, 0.15) is 0 Å². The summed E-state index contributed by atoms with van der Waals surface area (Å²) in [7, 11) is 0. The van der Waals surface area contributed by atoms with Crippen LogP contribution in [0.3, 0.4) is 0 Å². The van der Waals surface area contributed by atoms with E-state index in [1.165, 1.54) is 23.5 Å². The molecule has 6 heteroatoms. The van der Waals surface area contributed by atoms with Gasteiger partial charge in [0, 0.05) is 11.8 Å². The number of aliphatic hydroxyl groups excluding tert-OH is 1. The van der Waals surface area contributed by atoms with Gasteiger partial charge < -0.3 is 5.11 Å². The van der Waals surface area contributed by atoms with Gasteiger partial charge in [-0.3, -0.25) is 0 Å². The first-order chi connectivity index (χ1) is 9.34. The number of nitrogens with zero attached hydrogens (tertiary/aromatic N) is 1. The van der Waals surface area contributed by atoms with Crippen molar-refractivity contribution in [1.29, 1.82) is 0 Å². The van der Waals surface area contributed by atoms with E-state index in [-0.39, 0.29) is 0 Å². The van der Waals surface area contributed by atoms with Crippen LogP contribution in [0.4, 0.5) is 13.2 Å². The second-order valence-corrected chi connectivity index (χ2v) is 5.68. The molecule has 1 atom stereocenters. The number of alkyl halides is 3. The Bertz CT molecular complexity index is 563. The normalized spacial score (nSPS) is 13.4. The van der Waals surface area contributed by atoms with Gasteiger partial charge >= 0.3 is 6.18 Å². The van der Waals surface area contributed by atoms with Crippen LogP contribution in [0.1, 0.15) is 21.8 Å². The van der Waals surface area contributed by atoms with Crippen molar-refractivity contribution in [3.63, 3.8) is 0 Å². The third-order valence-corrected chi connectivity index (χ3v) is 3.69. The predicted molar refractivity (Wildman–Crippen MR) is 71.7 cm³/mol. The molecule has 0 bridgehead atoms. The molecular formula is C14H14F3NOS. The van der Waals surface area contributed by atoms with Crippen LogP contribution in [0.2, 0.25) is 0 Å². The van der Waals surface area contributed by atoms with E-state index in [9.17, 15) is 18.3 Å². The SMILES string of the molecule is Cc1nc(CC(O)Cc2ccc(C(F)(F)F)cc2)cs1. The summed E-state index contributed by atoms with van der Waals surface area (Å²) in [4.78, 5) is 4.25. The van der Waals surface area contributed by atoms with E-state index in [1.54, 1.807) is 0 Å². The summed E-state index contributed by atoms with van der Waals surface area (Å²) in [5.74, 6) is 0. The van der Waals surface area contributed by atoms with E-state index in [1.807, 2.05) is 12.3 Å².